The number of hydrogen-bond acceptors (Lipinski definition) is 2. The summed E-state index contributed by atoms with van der Waals surface area (Å²) >= 11 is 0. The van der Waals surface area contributed by atoms with E-state index in [0.717, 1.165) is 31.6 Å². The van der Waals surface area contributed by atoms with E-state index in [1.54, 1.807) is 0 Å². The van der Waals surface area contributed by atoms with Gasteiger partial charge in [-0.3, -0.25) is 9.59 Å². The van der Waals surface area contributed by atoms with Crippen LogP contribution in [0.5, 0.6) is 0 Å². The first-order valence-corrected chi connectivity index (χ1v) is 9.88. The average molecular weight is 324 g/mol. The molecule has 6 atom stereocenters. The Bertz CT molecular complexity index is 701. The SMILES string of the molecule is CC(=O)[C@@]12C=C[C@]3(CC1)[C@@H]1CCC4=CC(=O)CCC4[C@H]1CC[C@@]32C. The summed E-state index contributed by atoms with van der Waals surface area (Å²) in [6.07, 6.45) is 15.6. The molecule has 0 aromatic heterocycles. The summed E-state index contributed by atoms with van der Waals surface area (Å²) in [5.74, 6) is 2.82. The first kappa shape index (κ1) is 15.1. The topological polar surface area (TPSA) is 34.1 Å². The second kappa shape index (κ2) is 4.51. The van der Waals surface area contributed by atoms with E-state index < -0.39 is 0 Å². The molecule has 2 heteroatoms. The summed E-state index contributed by atoms with van der Waals surface area (Å²) in [7, 11) is 0. The number of fused-ring (bicyclic) bond motifs is 3. The Kier molecular flexibility index (Phi) is 2.84. The highest BCUT2D eigenvalue weighted by Gasteiger charge is 2.72. The smallest absolute Gasteiger partial charge is 0.155 e. The molecule has 0 N–H and O–H groups in total. The molecule has 3 saturated carbocycles. The predicted molar refractivity (Wildman–Crippen MR) is 93.3 cm³/mol. The molecule has 0 radical (unpaired) electrons. The molecular weight excluding hydrogens is 296 g/mol. The van der Waals surface area contributed by atoms with Crippen LogP contribution in [-0.4, -0.2) is 11.6 Å². The zero-order valence-corrected chi connectivity index (χ0v) is 14.9. The summed E-state index contributed by atoms with van der Waals surface area (Å²) < 4.78 is 0. The maximum Gasteiger partial charge on any atom is 0.155 e. The molecule has 0 aromatic rings. The van der Waals surface area contributed by atoms with Gasteiger partial charge in [0.15, 0.2) is 5.78 Å². The normalized spacial score (nSPS) is 51.7. The van der Waals surface area contributed by atoms with Crippen LogP contribution < -0.4 is 0 Å². The van der Waals surface area contributed by atoms with Crippen LogP contribution in [0, 0.1) is 34.0 Å². The summed E-state index contributed by atoms with van der Waals surface area (Å²) in [5.41, 5.74) is 1.65. The third-order valence-electron chi connectivity index (χ3n) is 9.18. The van der Waals surface area contributed by atoms with Gasteiger partial charge in [0.2, 0.25) is 0 Å². The minimum absolute atomic E-state index is 0.138. The Balaban J connectivity index is 1.57. The second-order valence-corrected chi connectivity index (χ2v) is 9.41. The number of rotatable bonds is 1. The van der Waals surface area contributed by atoms with Crippen LogP contribution in [0.25, 0.3) is 0 Å². The molecule has 128 valence electrons. The third-order valence-corrected chi connectivity index (χ3v) is 9.18. The Morgan fingerprint density at radius 3 is 2.62 bits per heavy atom. The van der Waals surface area contributed by atoms with Crippen LogP contribution in [0.3, 0.4) is 0 Å². The molecule has 3 fully saturated rings. The van der Waals surface area contributed by atoms with Crippen molar-refractivity contribution in [2.45, 2.75) is 65.2 Å². The van der Waals surface area contributed by atoms with Crippen molar-refractivity contribution in [3.05, 3.63) is 23.8 Å². The van der Waals surface area contributed by atoms with Crippen LogP contribution >= 0.6 is 0 Å². The van der Waals surface area contributed by atoms with E-state index in [1.807, 2.05) is 13.0 Å². The van der Waals surface area contributed by atoms with Gasteiger partial charge in [-0.25, -0.2) is 0 Å². The zero-order chi connectivity index (χ0) is 16.7. The lowest BCUT2D eigenvalue weighted by molar-refractivity contribution is -0.136. The van der Waals surface area contributed by atoms with Gasteiger partial charge in [0.1, 0.15) is 5.78 Å². The minimum Gasteiger partial charge on any atom is -0.299 e. The molecule has 1 unspecified atom stereocenters. The maximum absolute atomic E-state index is 12.6. The number of ketones is 2. The van der Waals surface area contributed by atoms with E-state index in [9.17, 15) is 9.59 Å². The Morgan fingerprint density at radius 2 is 1.92 bits per heavy atom. The molecule has 0 spiro atoms. The fraction of sp³-hybridized carbons (Fsp3) is 0.727. The van der Waals surface area contributed by atoms with Gasteiger partial charge in [-0.15, -0.1) is 0 Å². The molecular formula is C22H28O2. The zero-order valence-electron chi connectivity index (χ0n) is 14.9. The molecule has 0 heterocycles. The first-order chi connectivity index (χ1) is 11.4. The predicted octanol–water partition coefficient (Wildman–Crippen LogP) is 4.64. The van der Waals surface area contributed by atoms with Crippen LogP contribution in [0.1, 0.15) is 65.2 Å². The maximum atomic E-state index is 12.6. The molecule has 5 aliphatic rings. The van der Waals surface area contributed by atoms with Gasteiger partial charge in [0.25, 0.3) is 0 Å². The first-order valence-electron chi connectivity index (χ1n) is 9.88. The van der Waals surface area contributed by atoms with E-state index in [2.05, 4.69) is 19.1 Å². The van der Waals surface area contributed by atoms with E-state index in [1.165, 1.54) is 31.3 Å². The van der Waals surface area contributed by atoms with Gasteiger partial charge in [-0.1, -0.05) is 24.6 Å². The third kappa shape index (κ3) is 1.46. The lowest BCUT2D eigenvalue weighted by atomic mass is 9.44. The van der Waals surface area contributed by atoms with Crippen LogP contribution in [0.4, 0.5) is 0 Å². The monoisotopic (exact) mass is 324 g/mol. The molecule has 24 heavy (non-hydrogen) atoms. The summed E-state index contributed by atoms with van der Waals surface area (Å²) in [5, 5.41) is 0. The van der Waals surface area contributed by atoms with Gasteiger partial charge in [0.05, 0.1) is 5.41 Å². The molecule has 5 aliphatic carbocycles. The van der Waals surface area contributed by atoms with Crippen molar-refractivity contribution in [3.63, 3.8) is 0 Å². The molecule has 0 saturated heterocycles. The molecule has 2 bridgehead atoms. The fourth-order valence-electron chi connectivity index (χ4n) is 7.98. The van der Waals surface area contributed by atoms with Crippen molar-refractivity contribution in [1.29, 1.82) is 0 Å². The van der Waals surface area contributed by atoms with Crippen molar-refractivity contribution >= 4 is 11.6 Å². The van der Waals surface area contributed by atoms with Gasteiger partial charge in [-0.05, 0) is 86.5 Å². The van der Waals surface area contributed by atoms with Crippen LogP contribution in [0.2, 0.25) is 0 Å². The number of Topliss-reactive ketones (excluding diaryl/α,β-unsaturated/α-hetero) is 1. The standard InChI is InChI=1S/C22H28O2/c1-14(23)21-9-11-22(12-10-21)19-6-3-15-13-16(24)4-5-17(15)18(19)7-8-20(21,22)2/h9,11,13,17-19H,3-8,10,12H2,1-2H3/t17?,18-,19-,20-,21-,22+/m1/s1. The largest absolute Gasteiger partial charge is 0.299 e. The summed E-state index contributed by atoms with van der Waals surface area (Å²) in [6, 6.07) is 0. The van der Waals surface area contributed by atoms with Gasteiger partial charge >= 0.3 is 0 Å². The fourth-order valence-corrected chi connectivity index (χ4v) is 7.98. The lowest BCUT2D eigenvalue weighted by Crippen LogP contribution is -2.54. The van der Waals surface area contributed by atoms with Crippen molar-refractivity contribution < 1.29 is 9.59 Å². The number of allylic oxidation sites excluding steroid dienone is 3. The number of carbonyl (C=O) groups is 2. The van der Waals surface area contributed by atoms with E-state index >= 15 is 0 Å². The van der Waals surface area contributed by atoms with Gasteiger partial charge in [-0.2, -0.15) is 0 Å². The molecule has 0 amide bonds. The summed E-state index contributed by atoms with van der Waals surface area (Å²) in [6.45, 7) is 4.24. The Hall–Kier alpha value is -1.18. The molecule has 0 aromatic carbocycles. The Labute approximate surface area is 144 Å². The quantitative estimate of drug-likeness (QED) is 0.658. The average Bonchev–Trinajstić information content (AvgIpc) is 2.99. The van der Waals surface area contributed by atoms with Gasteiger partial charge < -0.3 is 0 Å². The van der Waals surface area contributed by atoms with Crippen molar-refractivity contribution in [2.75, 3.05) is 0 Å². The molecule has 0 aliphatic heterocycles. The number of hydrogen-bond donors (Lipinski definition) is 0. The van der Waals surface area contributed by atoms with E-state index in [0.29, 0.717) is 23.4 Å². The molecule has 5 rings (SSSR count). The minimum atomic E-state index is -0.184. The van der Waals surface area contributed by atoms with Crippen molar-refractivity contribution in [3.8, 4) is 0 Å². The van der Waals surface area contributed by atoms with Crippen LogP contribution in [0.15, 0.2) is 23.8 Å². The number of carbonyl (C=O) groups excluding carboxylic acids is 2. The highest BCUT2D eigenvalue weighted by molar-refractivity contribution is 5.91. The Morgan fingerprint density at radius 1 is 1.08 bits per heavy atom. The van der Waals surface area contributed by atoms with Crippen molar-refractivity contribution in [1.82, 2.24) is 0 Å². The second-order valence-electron chi connectivity index (χ2n) is 9.41. The van der Waals surface area contributed by atoms with Crippen molar-refractivity contribution in [2.24, 2.45) is 34.0 Å². The lowest BCUT2D eigenvalue weighted by Gasteiger charge is -2.59. The highest BCUT2D eigenvalue weighted by Crippen LogP contribution is 2.78. The van der Waals surface area contributed by atoms with E-state index in [-0.39, 0.29) is 16.2 Å². The van der Waals surface area contributed by atoms with Gasteiger partial charge in [0, 0.05) is 6.42 Å². The molecule has 2 nitrogen and oxygen atoms in total. The van der Waals surface area contributed by atoms with E-state index in [4.69, 9.17) is 0 Å². The van der Waals surface area contributed by atoms with Crippen LogP contribution in [-0.2, 0) is 9.59 Å². The highest BCUT2D eigenvalue weighted by atomic mass is 16.1. The summed E-state index contributed by atoms with van der Waals surface area (Å²) in [4.78, 5) is 24.4.